The fraction of sp³-hybridized carbons (Fsp3) is 0.330. The van der Waals surface area contributed by atoms with E-state index in [9.17, 15) is 24.0 Å². The van der Waals surface area contributed by atoms with E-state index in [0.29, 0.717) is 103 Å². The number of carbonyl (C=O) groups excluding carboxylic acids is 5. The molecular formula is C88H100Br2N18O7S3Zn. The number of ether oxygens (including phenoxy) is 2. The van der Waals surface area contributed by atoms with Crippen LogP contribution in [0.4, 0.5) is 43.7 Å². The van der Waals surface area contributed by atoms with Gasteiger partial charge in [-0.25, -0.2) is 24.5 Å². The number of pyridine rings is 6. The van der Waals surface area contributed by atoms with Gasteiger partial charge in [-0.1, -0.05) is 42.7 Å². The van der Waals surface area contributed by atoms with E-state index in [1.54, 1.807) is 28.3 Å². The van der Waals surface area contributed by atoms with Crippen LogP contribution in [-0.2, 0) is 45.1 Å². The van der Waals surface area contributed by atoms with Crippen molar-refractivity contribution >= 4 is 158 Å². The number of nitrogens with zero attached hydrogens (tertiary/aromatic N) is 11. The molecule has 0 saturated carbocycles. The van der Waals surface area contributed by atoms with Gasteiger partial charge in [-0.05, 0) is 211 Å². The van der Waals surface area contributed by atoms with Crippen molar-refractivity contribution in [3.05, 3.63) is 223 Å². The van der Waals surface area contributed by atoms with E-state index in [-0.39, 0.29) is 29.9 Å². The molecule has 3 aliphatic rings. The van der Waals surface area contributed by atoms with E-state index >= 15 is 0 Å². The Kier molecular flexibility index (Phi) is 31.7. The normalized spacial score (nSPS) is 13.5. The summed E-state index contributed by atoms with van der Waals surface area (Å²) in [7, 11) is 0. The molecule has 31 heteroatoms. The number of halogens is 2. The largest absolute Gasteiger partial charge is 0.394 e. The maximum absolute atomic E-state index is 12.9. The molecule has 3 aromatic carbocycles. The number of anilines is 6. The number of hydrogen-bond acceptors (Lipinski definition) is 23. The molecule has 3 saturated heterocycles. The van der Waals surface area contributed by atoms with E-state index in [0.717, 1.165) is 148 Å². The summed E-state index contributed by atoms with van der Waals surface area (Å²) in [6, 6.07) is 48.0. The van der Waals surface area contributed by atoms with Crippen molar-refractivity contribution in [1.82, 2.24) is 61.0 Å². The van der Waals surface area contributed by atoms with Crippen LogP contribution in [0, 0.1) is 27.0 Å². The summed E-state index contributed by atoms with van der Waals surface area (Å²) in [5.74, 6) is -0.514. The summed E-state index contributed by atoms with van der Waals surface area (Å²) >= 11 is 11.9. The average Bonchev–Trinajstić information content (AvgIpc) is 1.78. The molecule has 3 fully saturated rings. The van der Waals surface area contributed by atoms with Gasteiger partial charge in [0.25, 0.3) is 17.7 Å². The van der Waals surface area contributed by atoms with Crippen molar-refractivity contribution in [1.29, 1.82) is 0 Å². The van der Waals surface area contributed by atoms with Crippen LogP contribution in [-0.4, -0.2) is 179 Å². The molecule has 119 heavy (non-hydrogen) atoms. The molecule has 12 heterocycles. The number of nitrogens with one attached hydrogen (secondary N) is 4. The van der Waals surface area contributed by atoms with Gasteiger partial charge >= 0.3 is 42.2 Å². The SMILES string of the molecule is Cc1ccc2c(N)c(C(=O)NCCc3ccc(N4CCN(C(=O)OC(C)(C)C)CC4)c(-c4ccccn4)c3)sc2n1.Cc1ccc2c(N)c(C(=O)NCCc3ccc(N4CCN(C(=O)OC(C)(C)C)CC4)c(Br)c3)sc2n1.Cc1ccc2c(N)c(C(=O)NCCc3ccc(N4CCNCC4)c(-c4ccccn4)c3)sc2n1.[Zn+][Br].[c-]1ccccn1. The van der Waals surface area contributed by atoms with Gasteiger partial charge in [0.15, 0.2) is 0 Å². The Morgan fingerprint density at radius 2 is 0.832 bits per heavy atom. The monoisotopic (exact) mass is 1840 g/mol. The van der Waals surface area contributed by atoms with Gasteiger partial charge in [-0.15, -0.1) is 34.0 Å². The van der Waals surface area contributed by atoms with Crippen LogP contribution >= 0.6 is 63.6 Å². The van der Waals surface area contributed by atoms with Gasteiger partial charge in [0, 0.05) is 171 Å². The first-order chi connectivity index (χ1) is 57.2. The first-order valence-electron chi connectivity index (χ1n) is 39.3. The third-order valence-electron chi connectivity index (χ3n) is 19.5. The second-order valence-corrected chi connectivity index (χ2v) is 34.3. The quantitative estimate of drug-likeness (QED) is 0.0329. The van der Waals surface area contributed by atoms with Crippen molar-refractivity contribution in [2.75, 3.05) is 130 Å². The smallest absolute Gasteiger partial charge is 0.0813 e. The van der Waals surface area contributed by atoms with Crippen LogP contribution in [0.3, 0.4) is 0 Å². The summed E-state index contributed by atoms with van der Waals surface area (Å²) in [4.78, 5) is 104. The predicted molar refractivity (Wildman–Crippen MR) is 485 cm³/mol. The number of aromatic nitrogens is 6. The minimum Gasteiger partial charge on any atom is -0.394 e. The summed E-state index contributed by atoms with van der Waals surface area (Å²) < 4.78 is 12.0. The average molecular weight is 1840 g/mol. The Balaban J connectivity index is 0.000000167. The molecule has 0 radical (unpaired) electrons. The molecule has 0 unspecified atom stereocenters. The topological polar surface area (TPSA) is 324 Å². The fourth-order valence-electron chi connectivity index (χ4n) is 13.5. The number of thiophene rings is 3. The molecule has 15 rings (SSSR count). The molecule has 25 nitrogen and oxygen atoms in total. The van der Waals surface area contributed by atoms with E-state index in [4.69, 9.17) is 26.7 Å². The number of hydrogen-bond donors (Lipinski definition) is 7. The number of nitrogens with two attached hydrogens (primary N) is 3. The molecule has 10 N–H and O–H groups in total. The third kappa shape index (κ3) is 24.5. The number of aryl methyl sites for hydroxylation is 3. The maximum Gasteiger partial charge on any atom is -0.0813 e. The first-order valence-corrected chi connectivity index (χ1v) is 49.5. The zero-order valence-corrected chi connectivity index (χ0v) is 77.1. The molecule has 5 amide bonds. The van der Waals surface area contributed by atoms with Gasteiger partial charge < -0.3 is 77.4 Å². The minimum absolute atomic E-state index is 0.152. The van der Waals surface area contributed by atoms with Crippen molar-refractivity contribution in [2.45, 2.75) is 92.8 Å². The van der Waals surface area contributed by atoms with E-state index in [2.05, 4.69) is 156 Å². The number of benzene rings is 3. The molecular weight excluding hydrogens is 1740 g/mol. The zero-order chi connectivity index (χ0) is 84.9. The van der Waals surface area contributed by atoms with Crippen molar-refractivity contribution in [2.24, 2.45) is 0 Å². The molecule has 0 aliphatic carbocycles. The molecule has 9 aromatic heterocycles. The minimum atomic E-state index is -0.517. The molecule has 0 spiro atoms. The fourth-order valence-corrected chi connectivity index (χ4v) is 17.4. The zero-order valence-electron chi connectivity index (χ0n) is 68.5. The summed E-state index contributed by atoms with van der Waals surface area (Å²) in [5.41, 5.74) is 32.6. The van der Waals surface area contributed by atoms with Gasteiger partial charge in [0.1, 0.15) is 40.3 Å². The standard InChI is InChI=1S/C31H36N6O3S.C26H32BrN5O3S.C26H28N6OS.C5H4N.BrH.Zn/c1-20-8-10-22-26(32)27(41-29(22)35-20)28(38)34-14-12-21-9-11-25(23(19-21)24-7-5-6-13-33-24)36-15-17-37(18-16-36)30(39)40-31(2,3)4;1-16-5-7-18-21(28)22(36-24(18)30-16)23(33)29-10-9-17-6-8-20(19(27)15-17)31-11-13-32(14-12-31)25(34)35-26(2,3)4;1-17-5-7-19-23(27)24(34-26(19)31-17)25(33)30-11-9-18-6-8-22(32-14-12-28-13-15-32)20(16-18)21-4-2-3-10-29-21;1-2-4-6-5-3-1;;/h5-11,13,19H,12,14-18,32H2,1-4H3,(H,34,38);5-8,15H,9-14,28H2,1-4H3,(H,29,33);2-8,10,16,28H,9,11-15,27H2,1H3,(H,30,33);1-4H;1H;/q;;;-1;;+2/p-1. The Labute approximate surface area is 731 Å². The Morgan fingerprint density at radius 3 is 1.16 bits per heavy atom. The van der Waals surface area contributed by atoms with Gasteiger partial charge in [0.05, 0.1) is 34.1 Å². The van der Waals surface area contributed by atoms with Crippen LogP contribution in [0.15, 0.2) is 169 Å². The summed E-state index contributed by atoms with van der Waals surface area (Å²) in [6.07, 6.45) is 9.48. The van der Waals surface area contributed by atoms with Crippen LogP contribution in [0.5, 0.6) is 0 Å². The number of amides is 5. The second kappa shape index (κ2) is 42.1. The van der Waals surface area contributed by atoms with Gasteiger partial charge in [-0.3, -0.25) is 24.4 Å². The predicted octanol–water partition coefficient (Wildman–Crippen LogP) is 15.6. The van der Waals surface area contributed by atoms with Crippen molar-refractivity contribution in [3.8, 4) is 22.5 Å². The van der Waals surface area contributed by atoms with E-state index < -0.39 is 11.2 Å². The molecule has 12 aromatic rings. The molecule has 618 valence electrons. The Hall–Kier alpha value is -10.3. The van der Waals surface area contributed by atoms with Gasteiger partial charge in [-0.2, -0.15) is 18.2 Å². The number of carbonyl (C=O) groups is 5. The van der Waals surface area contributed by atoms with Gasteiger partial charge in [0.2, 0.25) is 0 Å². The molecule has 0 atom stereocenters. The molecule has 0 bridgehead atoms. The second-order valence-electron chi connectivity index (χ2n) is 30.5. The van der Waals surface area contributed by atoms with Crippen LogP contribution in [0.2, 0.25) is 0 Å². The Morgan fingerprint density at radius 1 is 0.471 bits per heavy atom. The van der Waals surface area contributed by atoms with Crippen LogP contribution in [0.25, 0.3) is 53.2 Å². The number of nitrogen functional groups attached to an aromatic ring is 3. The van der Waals surface area contributed by atoms with Crippen molar-refractivity contribution in [3.63, 3.8) is 0 Å². The number of piperazine rings is 3. The third-order valence-corrected chi connectivity index (χ3v) is 23.4. The Bertz CT molecular complexity index is 5430. The van der Waals surface area contributed by atoms with Crippen LogP contribution < -0.4 is 53.2 Å². The van der Waals surface area contributed by atoms with E-state index in [1.165, 1.54) is 56.0 Å². The summed E-state index contributed by atoms with van der Waals surface area (Å²) in [5, 5.41) is 14.9. The number of rotatable bonds is 17. The first kappa shape index (κ1) is 89.5. The molecule has 3 aliphatic heterocycles. The summed E-state index contributed by atoms with van der Waals surface area (Å²) in [6.45, 7) is 27.7. The van der Waals surface area contributed by atoms with Crippen molar-refractivity contribution < 1.29 is 49.8 Å². The van der Waals surface area contributed by atoms with E-state index in [1.807, 2.05) is 153 Å². The van der Waals surface area contributed by atoms with Crippen LogP contribution in [0.1, 0.15) is 104 Å². The maximum atomic E-state index is 12.9. The number of fused-ring (bicyclic) bond motifs is 3.